The van der Waals surface area contributed by atoms with Crippen molar-refractivity contribution in [2.24, 2.45) is 5.73 Å². The van der Waals surface area contributed by atoms with Crippen molar-refractivity contribution in [1.82, 2.24) is 15.0 Å². The highest BCUT2D eigenvalue weighted by Crippen LogP contribution is 2.27. The summed E-state index contributed by atoms with van der Waals surface area (Å²) < 4.78 is 4.75. The Balaban J connectivity index is 1.97. The van der Waals surface area contributed by atoms with E-state index in [-0.39, 0.29) is 5.54 Å². The molecule has 1 aromatic heterocycles. The van der Waals surface area contributed by atoms with Crippen molar-refractivity contribution in [2.45, 2.75) is 31.7 Å². The van der Waals surface area contributed by atoms with Crippen molar-refractivity contribution in [3.63, 3.8) is 0 Å². The second-order valence-electron chi connectivity index (χ2n) is 4.25. The van der Waals surface area contributed by atoms with Crippen LogP contribution < -0.4 is 5.73 Å². The van der Waals surface area contributed by atoms with E-state index < -0.39 is 0 Å². The molecule has 84 valence electrons. The lowest BCUT2D eigenvalue weighted by Crippen LogP contribution is -2.48. The summed E-state index contributed by atoms with van der Waals surface area (Å²) in [6.45, 7) is 5.41. The van der Waals surface area contributed by atoms with Gasteiger partial charge in [-0.1, -0.05) is 12.1 Å². The first-order valence-electron chi connectivity index (χ1n) is 5.53. The largest absolute Gasteiger partial charge is 0.343 e. The van der Waals surface area contributed by atoms with Gasteiger partial charge in [-0.05, 0) is 25.8 Å². The van der Waals surface area contributed by atoms with Gasteiger partial charge in [0.25, 0.3) is 0 Å². The first-order chi connectivity index (χ1) is 7.24. The highest BCUT2D eigenvalue weighted by Gasteiger charge is 2.35. The van der Waals surface area contributed by atoms with E-state index in [1.165, 1.54) is 12.8 Å². The summed E-state index contributed by atoms with van der Waals surface area (Å²) in [5, 5.41) is 3.85. The van der Waals surface area contributed by atoms with Crippen LogP contribution in [0.3, 0.4) is 0 Å². The first kappa shape index (κ1) is 10.6. The van der Waals surface area contributed by atoms with Crippen molar-refractivity contribution in [3.05, 3.63) is 12.2 Å². The fourth-order valence-corrected chi connectivity index (χ4v) is 2.11. The molecule has 2 heterocycles. The van der Waals surface area contributed by atoms with Crippen LogP contribution in [0.2, 0.25) is 0 Å². The number of hydrogen-bond donors (Lipinski definition) is 1. The molecule has 1 aliphatic heterocycles. The Bertz CT molecular complexity index is 290. The van der Waals surface area contributed by atoms with Gasteiger partial charge in [0.2, 0.25) is 6.39 Å². The van der Waals surface area contributed by atoms with Gasteiger partial charge in [-0.2, -0.15) is 4.98 Å². The summed E-state index contributed by atoms with van der Waals surface area (Å²) in [7, 11) is 0. The lowest BCUT2D eigenvalue weighted by Gasteiger charge is -2.36. The quantitative estimate of drug-likeness (QED) is 0.796. The van der Waals surface area contributed by atoms with Gasteiger partial charge in [-0.15, -0.1) is 0 Å². The predicted molar refractivity (Wildman–Crippen MR) is 56.1 cm³/mol. The molecule has 1 aliphatic rings. The van der Waals surface area contributed by atoms with Crippen molar-refractivity contribution < 1.29 is 4.52 Å². The number of piperidine rings is 1. The van der Waals surface area contributed by atoms with Crippen LogP contribution >= 0.6 is 0 Å². The zero-order valence-corrected chi connectivity index (χ0v) is 9.15. The fourth-order valence-electron chi connectivity index (χ4n) is 2.11. The maximum absolute atomic E-state index is 6.27. The first-order valence-corrected chi connectivity index (χ1v) is 5.53. The highest BCUT2D eigenvalue weighted by atomic mass is 16.5. The van der Waals surface area contributed by atoms with Crippen LogP contribution in [0, 0.1) is 0 Å². The van der Waals surface area contributed by atoms with Crippen molar-refractivity contribution >= 4 is 0 Å². The van der Waals surface area contributed by atoms with Crippen LogP contribution in [-0.4, -0.2) is 34.7 Å². The SMILES string of the molecule is CCCN1CCC(N)(c2ncon2)CC1. The molecule has 1 saturated heterocycles. The van der Waals surface area contributed by atoms with Crippen LogP contribution in [0.25, 0.3) is 0 Å². The standard InChI is InChI=1S/C10H18N4O/c1-2-5-14-6-3-10(11,4-7-14)9-12-8-15-13-9/h8H,2-7,11H2,1H3. The van der Waals surface area contributed by atoms with E-state index in [2.05, 4.69) is 22.0 Å². The number of aromatic nitrogens is 2. The van der Waals surface area contributed by atoms with E-state index >= 15 is 0 Å². The summed E-state index contributed by atoms with van der Waals surface area (Å²) in [6, 6.07) is 0. The molecule has 0 aliphatic carbocycles. The van der Waals surface area contributed by atoms with E-state index in [1.807, 2.05) is 0 Å². The van der Waals surface area contributed by atoms with Crippen molar-refractivity contribution in [3.8, 4) is 0 Å². The minimum atomic E-state index is -0.378. The molecule has 2 N–H and O–H groups in total. The average molecular weight is 210 g/mol. The Hall–Kier alpha value is -0.940. The van der Waals surface area contributed by atoms with Crippen LogP contribution in [0.5, 0.6) is 0 Å². The minimum absolute atomic E-state index is 0.378. The van der Waals surface area contributed by atoms with Gasteiger partial charge in [0.05, 0.1) is 5.54 Å². The molecular weight excluding hydrogens is 192 g/mol. The van der Waals surface area contributed by atoms with Gasteiger partial charge in [-0.3, -0.25) is 0 Å². The molecule has 0 aromatic carbocycles. The molecule has 0 atom stereocenters. The monoisotopic (exact) mass is 210 g/mol. The van der Waals surface area contributed by atoms with E-state index in [1.54, 1.807) is 0 Å². The Labute approximate surface area is 89.6 Å². The number of nitrogens with zero attached hydrogens (tertiary/aromatic N) is 3. The lowest BCUT2D eigenvalue weighted by atomic mass is 9.88. The zero-order chi connectivity index (χ0) is 10.7. The Morgan fingerprint density at radius 1 is 1.53 bits per heavy atom. The molecule has 0 spiro atoms. The van der Waals surface area contributed by atoms with Crippen LogP contribution in [0.15, 0.2) is 10.9 Å². The Morgan fingerprint density at radius 3 is 2.80 bits per heavy atom. The van der Waals surface area contributed by atoms with E-state index in [0.717, 1.165) is 32.5 Å². The molecular formula is C10H18N4O. The third-order valence-electron chi connectivity index (χ3n) is 3.09. The van der Waals surface area contributed by atoms with E-state index in [9.17, 15) is 0 Å². The topological polar surface area (TPSA) is 68.2 Å². The van der Waals surface area contributed by atoms with E-state index in [0.29, 0.717) is 5.82 Å². The van der Waals surface area contributed by atoms with Gasteiger partial charge in [0.15, 0.2) is 5.82 Å². The molecule has 1 aromatic rings. The predicted octanol–water partition coefficient (Wildman–Crippen LogP) is 0.729. The molecule has 15 heavy (non-hydrogen) atoms. The summed E-state index contributed by atoms with van der Waals surface area (Å²) in [4.78, 5) is 6.50. The number of likely N-dealkylation sites (tertiary alicyclic amines) is 1. The molecule has 5 nitrogen and oxygen atoms in total. The number of rotatable bonds is 3. The highest BCUT2D eigenvalue weighted by molar-refractivity contribution is 5.04. The van der Waals surface area contributed by atoms with Crippen LogP contribution in [0.4, 0.5) is 0 Å². The normalized spacial score (nSPS) is 21.7. The molecule has 0 radical (unpaired) electrons. The number of nitrogens with two attached hydrogens (primary N) is 1. The van der Waals surface area contributed by atoms with Gasteiger partial charge in [-0.25, -0.2) is 0 Å². The third-order valence-corrected chi connectivity index (χ3v) is 3.09. The van der Waals surface area contributed by atoms with E-state index in [4.69, 9.17) is 10.3 Å². The molecule has 0 bridgehead atoms. The molecule has 0 unspecified atom stereocenters. The summed E-state index contributed by atoms with van der Waals surface area (Å²) >= 11 is 0. The average Bonchev–Trinajstić information content (AvgIpc) is 2.76. The Morgan fingerprint density at radius 2 is 2.27 bits per heavy atom. The molecule has 0 saturated carbocycles. The summed E-state index contributed by atoms with van der Waals surface area (Å²) in [6.07, 6.45) is 4.36. The molecule has 1 fully saturated rings. The Kier molecular flexibility index (Phi) is 3.02. The maximum atomic E-state index is 6.27. The second-order valence-corrected chi connectivity index (χ2v) is 4.25. The van der Waals surface area contributed by atoms with Gasteiger partial charge < -0.3 is 15.2 Å². The van der Waals surface area contributed by atoms with Crippen molar-refractivity contribution in [2.75, 3.05) is 19.6 Å². The van der Waals surface area contributed by atoms with Crippen LogP contribution in [-0.2, 0) is 5.54 Å². The fraction of sp³-hybridized carbons (Fsp3) is 0.800. The minimum Gasteiger partial charge on any atom is -0.343 e. The smallest absolute Gasteiger partial charge is 0.213 e. The van der Waals surface area contributed by atoms with Gasteiger partial charge in [0, 0.05) is 13.1 Å². The maximum Gasteiger partial charge on any atom is 0.213 e. The lowest BCUT2D eigenvalue weighted by molar-refractivity contribution is 0.154. The second kappa shape index (κ2) is 4.28. The van der Waals surface area contributed by atoms with Crippen molar-refractivity contribution in [1.29, 1.82) is 0 Å². The van der Waals surface area contributed by atoms with Gasteiger partial charge in [0.1, 0.15) is 0 Å². The third kappa shape index (κ3) is 2.18. The summed E-state index contributed by atoms with van der Waals surface area (Å²) in [5.41, 5.74) is 5.89. The number of hydrogen-bond acceptors (Lipinski definition) is 5. The molecule has 0 amide bonds. The summed E-state index contributed by atoms with van der Waals surface area (Å²) in [5.74, 6) is 0.652. The zero-order valence-electron chi connectivity index (χ0n) is 9.15. The van der Waals surface area contributed by atoms with Crippen LogP contribution in [0.1, 0.15) is 32.0 Å². The van der Waals surface area contributed by atoms with Gasteiger partial charge >= 0.3 is 0 Å². The molecule has 5 heteroatoms. The molecule has 2 rings (SSSR count).